The van der Waals surface area contributed by atoms with Crippen molar-refractivity contribution in [2.24, 2.45) is 11.8 Å². The van der Waals surface area contributed by atoms with E-state index in [1.807, 2.05) is 11.0 Å². The number of rotatable bonds is 4. The number of ether oxygens (including phenoxy) is 1. The van der Waals surface area contributed by atoms with Crippen LogP contribution in [-0.4, -0.2) is 41.7 Å². The summed E-state index contributed by atoms with van der Waals surface area (Å²) in [5.41, 5.74) is 0. The fourth-order valence-electron chi connectivity index (χ4n) is 3.61. The van der Waals surface area contributed by atoms with Gasteiger partial charge in [0.25, 0.3) is 0 Å². The smallest absolute Gasteiger partial charge is 0.225 e. The molecule has 8 heteroatoms. The molecule has 7 nitrogen and oxygen atoms in total. The van der Waals surface area contributed by atoms with Gasteiger partial charge in [-0.1, -0.05) is 0 Å². The number of halogens is 1. The maximum absolute atomic E-state index is 13.1. The second kappa shape index (κ2) is 6.79. The standard InChI is InChI=1S/C17H19FN4O3/c18-11-6-20-17(21-7-11)22-9-14(13-3-5-25-15(13)10-22)16(23)19-8-12-2-1-4-24-12/h1-2,4,6-7,13-15H,3,5,8-10H2,(H,19,23)/t13-,14-,15+/m0/s1. The number of hydrogen-bond donors (Lipinski definition) is 1. The van der Waals surface area contributed by atoms with Crippen LogP contribution in [0.15, 0.2) is 35.2 Å². The Morgan fingerprint density at radius 1 is 1.36 bits per heavy atom. The van der Waals surface area contributed by atoms with Gasteiger partial charge in [0.15, 0.2) is 5.82 Å². The zero-order chi connectivity index (χ0) is 17.2. The van der Waals surface area contributed by atoms with Crippen LogP contribution in [-0.2, 0) is 16.1 Å². The molecule has 2 aliphatic heterocycles. The van der Waals surface area contributed by atoms with Gasteiger partial charge in [0.2, 0.25) is 11.9 Å². The van der Waals surface area contributed by atoms with Crippen molar-refractivity contribution in [2.45, 2.75) is 19.1 Å². The van der Waals surface area contributed by atoms with Crippen molar-refractivity contribution in [3.05, 3.63) is 42.4 Å². The number of carbonyl (C=O) groups excluding carboxylic acids is 1. The molecule has 0 spiro atoms. The lowest BCUT2D eigenvalue weighted by atomic mass is 9.82. The fourth-order valence-corrected chi connectivity index (χ4v) is 3.61. The van der Waals surface area contributed by atoms with E-state index in [-0.39, 0.29) is 23.8 Å². The lowest BCUT2D eigenvalue weighted by Gasteiger charge is -2.39. The third kappa shape index (κ3) is 3.34. The van der Waals surface area contributed by atoms with Gasteiger partial charge in [0, 0.05) is 25.6 Å². The van der Waals surface area contributed by atoms with Gasteiger partial charge in [-0.05, 0) is 18.6 Å². The zero-order valence-electron chi connectivity index (χ0n) is 13.6. The van der Waals surface area contributed by atoms with E-state index in [1.54, 1.807) is 12.3 Å². The highest BCUT2D eigenvalue weighted by Crippen LogP contribution is 2.35. The quantitative estimate of drug-likeness (QED) is 0.901. The molecule has 0 aromatic carbocycles. The van der Waals surface area contributed by atoms with Gasteiger partial charge in [-0.2, -0.15) is 0 Å². The molecule has 2 saturated heterocycles. The molecule has 25 heavy (non-hydrogen) atoms. The maximum Gasteiger partial charge on any atom is 0.225 e. The fraction of sp³-hybridized carbons (Fsp3) is 0.471. The van der Waals surface area contributed by atoms with Crippen molar-refractivity contribution in [1.82, 2.24) is 15.3 Å². The predicted octanol–water partition coefficient (Wildman–Crippen LogP) is 1.37. The number of nitrogens with one attached hydrogen (secondary N) is 1. The first-order valence-corrected chi connectivity index (χ1v) is 8.35. The van der Waals surface area contributed by atoms with Crippen LogP contribution in [0.1, 0.15) is 12.2 Å². The molecule has 1 N–H and O–H groups in total. The van der Waals surface area contributed by atoms with Crippen molar-refractivity contribution in [2.75, 3.05) is 24.6 Å². The summed E-state index contributed by atoms with van der Waals surface area (Å²) in [6.07, 6.45) is 4.67. The number of aromatic nitrogens is 2. The highest BCUT2D eigenvalue weighted by atomic mass is 19.1. The predicted molar refractivity (Wildman–Crippen MR) is 86.1 cm³/mol. The Hall–Kier alpha value is -2.48. The van der Waals surface area contributed by atoms with Crippen molar-refractivity contribution < 1.29 is 18.3 Å². The lowest BCUT2D eigenvalue weighted by Crippen LogP contribution is -2.53. The second-order valence-electron chi connectivity index (χ2n) is 6.37. The molecule has 1 amide bonds. The van der Waals surface area contributed by atoms with Crippen molar-refractivity contribution in [3.8, 4) is 0 Å². The summed E-state index contributed by atoms with van der Waals surface area (Å²) in [7, 11) is 0. The number of piperidine rings is 1. The number of amides is 1. The van der Waals surface area contributed by atoms with Gasteiger partial charge in [-0.15, -0.1) is 0 Å². The summed E-state index contributed by atoms with van der Waals surface area (Å²) < 4.78 is 24.1. The number of nitrogens with zero attached hydrogens (tertiary/aromatic N) is 3. The summed E-state index contributed by atoms with van der Waals surface area (Å²) in [4.78, 5) is 22.7. The van der Waals surface area contributed by atoms with Gasteiger partial charge >= 0.3 is 0 Å². The van der Waals surface area contributed by atoms with Crippen LogP contribution in [0.25, 0.3) is 0 Å². The van der Waals surface area contributed by atoms with Gasteiger partial charge in [-0.25, -0.2) is 14.4 Å². The first kappa shape index (κ1) is 16.0. The molecule has 0 radical (unpaired) electrons. The summed E-state index contributed by atoms with van der Waals surface area (Å²) in [5.74, 6) is 0.548. The zero-order valence-corrected chi connectivity index (χ0v) is 13.6. The maximum atomic E-state index is 13.1. The molecule has 0 unspecified atom stereocenters. The molecule has 2 aromatic heterocycles. The van der Waals surface area contributed by atoms with Crippen molar-refractivity contribution >= 4 is 11.9 Å². The van der Waals surface area contributed by atoms with Crippen molar-refractivity contribution in [3.63, 3.8) is 0 Å². The molecule has 4 heterocycles. The third-order valence-electron chi connectivity index (χ3n) is 4.84. The van der Waals surface area contributed by atoms with Crippen LogP contribution < -0.4 is 10.2 Å². The van der Waals surface area contributed by atoms with E-state index in [4.69, 9.17) is 9.15 Å². The monoisotopic (exact) mass is 346 g/mol. The Labute approximate surface area is 144 Å². The van der Waals surface area contributed by atoms with Crippen LogP contribution in [0, 0.1) is 17.7 Å². The van der Waals surface area contributed by atoms with E-state index < -0.39 is 5.82 Å². The topological polar surface area (TPSA) is 80.5 Å². The normalized spacial score (nSPS) is 25.6. The molecule has 4 rings (SSSR count). The molecular weight excluding hydrogens is 327 g/mol. The van der Waals surface area contributed by atoms with Gasteiger partial charge in [0.1, 0.15) is 5.76 Å². The summed E-state index contributed by atoms with van der Waals surface area (Å²) >= 11 is 0. The molecule has 2 aliphatic rings. The number of anilines is 1. The minimum atomic E-state index is -0.483. The van der Waals surface area contributed by atoms with Gasteiger partial charge in [-0.3, -0.25) is 4.79 Å². The molecule has 132 valence electrons. The number of carbonyl (C=O) groups is 1. The summed E-state index contributed by atoms with van der Waals surface area (Å²) in [5, 5.41) is 2.93. The van der Waals surface area contributed by atoms with E-state index in [1.165, 1.54) is 0 Å². The van der Waals surface area contributed by atoms with Gasteiger partial charge < -0.3 is 19.4 Å². The van der Waals surface area contributed by atoms with E-state index in [0.717, 1.165) is 18.8 Å². The Balaban J connectivity index is 1.48. The van der Waals surface area contributed by atoms with Crippen LogP contribution in [0.4, 0.5) is 10.3 Å². The van der Waals surface area contributed by atoms with Crippen LogP contribution in [0.2, 0.25) is 0 Å². The molecule has 2 fully saturated rings. The van der Waals surface area contributed by atoms with E-state index in [9.17, 15) is 9.18 Å². The van der Waals surface area contributed by atoms with Crippen molar-refractivity contribution in [1.29, 1.82) is 0 Å². The number of hydrogen-bond acceptors (Lipinski definition) is 6. The Morgan fingerprint density at radius 2 is 2.20 bits per heavy atom. The highest BCUT2D eigenvalue weighted by molar-refractivity contribution is 5.80. The molecule has 0 aliphatic carbocycles. The van der Waals surface area contributed by atoms with Gasteiger partial charge in [0.05, 0.1) is 37.2 Å². The summed E-state index contributed by atoms with van der Waals surface area (Å²) in [6.45, 7) is 2.10. The number of fused-ring (bicyclic) bond motifs is 1. The van der Waals surface area contributed by atoms with Crippen LogP contribution >= 0.6 is 0 Å². The molecular formula is C17H19FN4O3. The van der Waals surface area contributed by atoms with E-state index >= 15 is 0 Å². The lowest BCUT2D eigenvalue weighted by molar-refractivity contribution is -0.128. The molecule has 0 bridgehead atoms. The first-order valence-electron chi connectivity index (χ1n) is 8.35. The largest absolute Gasteiger partial charge is 0.467 e. The Kier molecular flexibility index (Phi) is 4.35. The molecule has 3 atom stereocenters. The third-order valence-corrected chi connectivity index (χ3v) is 4.84. The van der Waals surface area contributed by atoms with E-state index in [2.05, 4.69) is 15.3 Å². The first-order chi connectivity index (χ1) is 12.2. The Morgan fingerprint density at radius 3 is 2.96 bits per heavy atom. The second-order valence-corrected chi connectivity index (χ2v) is 6.37. The molecule has 2 aromatic rings. The average molecular weight is 346 g/mol. The van der Waals surface area contributed by atoms with E-state index in [0.29, 0.717) is 37.9 Å². The summed E-state index contributed by atoms with van der Waals surface area (Å²) in [6, 6.07) is 3.61. The highest BCUT2D eigenvalue weighted by Gasteiger charge is 2.44. The molecule has 0 saturated carbocycles. The minimum absolute atomic E-state index is 0.0382. The van der Waals surface area contributed by atoms with Crippen LogP contribution in [0.5, 0.6) is 0 Å². The minimum Gasteiger partial charge on any atom is -0.467 e. The SMILES string of the molecule is O=C(NCc1ccco1)[C@H]1CN(c2ncc(F)cn2)C[C@H]2OCC[C@@H]12. The number of furan rings is 1. The average Bonchev–Trinajstić information content (AvgIpc) is 3.30. The van der Waals surface area contributed by atoms with Crippen LogP contribution in [0.3, 0.4) is 0 Å². The Bertz CT molecular complexity index is 722.